The van der Waals surface area contributed by atoms with Crippen molar-refractivity contribution in [3.63, 3.8) is 0 Å². The van der Waals surface area contributed by atoms with E-state index in [1.54, 1.807) is 12.3 Å². The number of benzene rings is 2. The van der Waals surface area contributed by atoms with Crippen LogP contribution in [0.15, 0.2) is 60.8 Å². The summed E-state index contributed by atoms with van der Waals surface area (Å²) in [5, 5.41) is 4.09. The Bertz CT molecular complexity index is 970. The van der Waals surface area contributed by atoms with Crippen molar-refractivity contribution in [1.82, 2.24) is 4.98 Å². The van der Waals surface area contributed by atoms with Crippen molar-refractivity contribution >= 4 is 40.2 Å². The summed E-state index contributed by atoms with van der Waals surface area (Å²) in [4.78, 5) is 16.5. The number of pyridine rings is 1. The van der Waals surface area contributed by atoms with E-state index in [9.17, 15) is 4.79 Å². The standard InChI is InChI=1S/C22H21ClN2O/c1-22(2,3)16-11-8-15(9-12-16)10-13-20(26)25-19-14-24-18-7-5-4-6-17(18)21(19)23/h4-14H,1-3H3,(H,25,26)/b13-10+. The number of amides is 1. The monoisotopic (exact) mass is 364 g/mol. The fourth-order valence-corrected chi connectivity index (χ4v) is 2.89. The third kappa shape index (κ3) is 4.12. The molecular weight excluding hydrogens is 344 g/mol. The second-order valence-corrected chi connectivity index (χ2v) is 7.58. The molecule has 0 saturated heterocycles. The number of fused-ring (bicyclic) bond motifs is 1. The van der Waals surface area contributed by atoms with Gasteiger partial charge in [0.05, 0.1) is 22.4 Å². The van der Waals surface area contributed by atoms with Gasteiger partial charge in [-0.2, -0.15) is 0 Å². The van der Waals surface area contributed by atoms with E-state index in [4.69, 9.17) is 11.6 Å². The average Bonchev–Trinajstić information content (AvgIpc) is 2.62. The Labute approximate surface area is 158 Å². The smallest absolute Gasteiger partial charge is 0.248 e. The summed E-state index contributed by atoms with van der Waals surface area (Å²) in [5.41, 5.74) is 3.64. The number of anilines is 1. The Hall–Kier alpha value is -2.65. The second-order valence-electron chi connectivity index (χ2n) is 7.20. The van der Waals surface area contributed by atoms with Crippen molar-refractivity contribution in [2.24, 2.45) is 0 Å². The number of hydrogen-bond donors (Lipinski definition) is 1. The zero-order valence-corrected chi connectivity index (χ0v) is 15.8. The molecule has 1 heterocycles. The molecule has 3 aromatic rings. The van der Waals surface area contributed by atoms with Gasteiger partial charge in [-0.1, -0.05) is 74.8 Å². The summed E-state index contributed by atoms with van der Waals surface area (Å²) in [6, 6.07) is 15.7. The van der Waals surface area contributed by atoms with Gasteiger partial charge in [-0.3, -0.25) is 9.78 Å². The maximum atomic E-state index is 12.2. The first kappa shape index (κ1) is 18.2. The summed E-state index contributed by atoms with van der Waals surface area (Å²) in [6.45, 7) is 6.52. The molecule has 132 valence electrons. The van der Waals surface area contributed by atoms with Crippen LogP contribution in [0.4, 0.5) is 5.69 Å². The summed E-state index contributed by atoms with van der Waals surface area (Å²) >= 11 is 6.38. The Morgan fingerprint density at radius 2 is 1.77 bits per heavy atom. The van der Waals surface area contributed by atoms with Crippen LogP contribution in [0.25, 0.3) is 17.0 Å². The largest absolute Gasteiger partial charge is 0.320 e. The molecule has 2 aromatic carbocycles. The normalized spacial score (nSPS) is 11.8. The lowest BCUT2D eigenvalue weighted by atomic mass is 9.87. The lowest BCUT2D eigenvalue weighted by molar-refractivity contribution is -0.111. The molecule has 0 unspecified atom stereocenters. The summed E-state index contributed by atoms with van der Waals surface area (Å²) < 4.78 is 0. The lowest BCUT2D eigenvalue weighted by Crippen LogP contribution is -2.10. The van der Waals surface area contributed by atoms with E-state index >= 15 is 0 Å². The molecule has 26 heavy (non-hydrogen) atoms. The predicted molar refractivity (Wildman–Crippen MR) is 110 cm³/mol. The Morgan fingerprint density at radius 3 is 2.46 bits per heavy atom. The predicted octanol–water partition coefficient (Wildman–Crippen LogP) is 5.84. The van der Waals surface area contributed by atoms with Crippen LogP contribution >= 0.6 is 11.6 Å². The van der Waals surface area contributed by atoms with Crippen molar-refractivity contribution in [1.29, 1.82) is 0 Å². The third-order valence-corrected chi connectivity index (χ3v) is 4.58. The molecule has 0 aliphatic carbocycles. The maximum Gasteiger partial charge on any atom is 0.248 e. The molecule has 0 bridgehead atoms. The topological polar surface area (TPSA) is 42.0 Å². The third-order valence-electron chi connectivity index (χ3n) is 4.17. The van der Waals surface area contributed by atoms with Crippen LogP contribution in [-0.4, -0.2) is 10.9 Å². The van der Waals surface area contributed by atoms with Gasteiger partial charge in [0.1, 0.15) is 0 Å². The molecule has 0 atom stereocenters. The first-order valence-electron chi connectivity index (χ1n) is 8.47. The van der Waals surface area contributed by atoms with Gasteiger partial charge in [-0.25, -0.2) is 0 Å². The van der Waals surface area contributed by atoms with Crippen molar-refractivity contribution in [2.75, 3.05) is 5.32 Å². The van der Waals surface area contributed by atoms with Gasteiger partial charge in [0.2, 0.25) is 5.91 Å². The van der Waals surface area contributed by atoms with Crippen LogP contribution < -0.4 is 5.32 Å². The number of para-hydroxylation sites is 1. The van der Waals surface area contributed by atoms with Gasteiger partial charge in [-0.05, 0) is 28.7 Å². The van der Waals surface area contributed by atoms with E-state index in [-0.39, 0.29) is 11.3 Å². The van der Waals surface area contributed by atoms with E-state index in [1.165, 1.54) is 11.6 Å². The molecule has 3 rings (SSSR count). The Morgan fingerprint density at radius 1 is 1.08 bits per heavy atom. The molecule has 1 N–H and O–H groups in total. The molecule has 0 aliphatic rings. The van der Waals surface area contributed by atoms with Crippen LogP contribution in [0.2, 0.25) is 5.02 Å². The minimum absolute atomic E-state index is 0.111. The number of nitrogens with zero attached hydrogens (tertiary/aromatic N) is 1. The van der Waals surface area contributed by atoms with Gasteiger partial charge in [-0.15, -0.1) is 0 Å². The number of carbonyl (C=O) groups excluding carboxylic acids is 1. The van der Waals surface area contributed by atoms with Crippen LogP contribution in [0.5, 0.6) is 0 Å². The minimum atomic E-state index is -0.246. The van der Waals surface area contributed by atoms with Gasteiger partial charge in [0, 0.05) is 11.5 Å². The van der Waals surface area contributed by atoms with Crippen LogP contribution in [-0.2, 0) is 10.2 Å². The molecule has 0 radical (unpaired) electrons. The molecular formula is C22H21ClN2O. The van der Waals surface area contributed by atoms with Crippen molar-refractivity contribution in [3.05, 3.63) is 77.0 Å². The molecule has 0 aliphatic heterocycles. The van der Waals surface area contributed by atoms with Crippen molar-refractivity contribution in [2.45, 2.75) is 26.2 Å². The fraction of sp³-hybridized carbons (Fsp3) is 0.182. The van der Waals surface area contributed by atoms with Crippen LogP contribution in [0, 0.1) is 0 Å². The molecule has 4 heteroatoms. The number of hydrogen-bond acceptors (Lipinski definition) is 2. The number of halogens is 1. The highest BCUT2D eigenvalue weighted by atomic mass is 35.5. The number of carbonyl (C=O) groups is 1. The van der Waals surface area contributed by atoms with E-state index in [0.29, 0.717) is 10.7 Å². The van der Waals surface area contributed by atoms with Crippen molar-refractivity contribution < 1.29 is 4.79 Å². The lowest BCUT2D eigenvalue weighted by Gasteiger charge is -2.18. The van der Waals surface area contributed by atoms with Crippen molar-refractivity contribution in [3.8, 4) is 0 Å². The molecule has 1 amide bonds. The zero-order chi connectivity index (χ0) is 18.7. The van der Waals surface area contributed by atoms with E-state index in [1.807, 2.05) is 36.4 Å². The average molecular weight is 365 g/mol. The molecule has 0 spiro atoms. The highest BCUT2D eigenvalue weighted by Gasteiger charge is 2.12. The molecule has 1 aromatic heterocycles. The molecule has 0 fully saturated rings. The van der Waals surface area contributed by atoms with E-state index in [2.05, 4.69) is 43.2 Å². The van der Waals surface area contributed by atoms with E-state index in [0.717, 1.165) is 16.5 Å². The van der Waals surface area contributed by atoms with Gasteiger partial charge >= 0.3 is 0 Å². The first-order valence-corrected chi connectivity index (χ1v) is 8.85. The van der Waals surface area contributed by atoms with Crippen LogP contribution in [0.1, 0.15) is 31.9 Å². The SMILES string of the molecule is CC(C)(C)c1ccc(/C=C/C(=O)Nc2cnc3ccccc3c2Cl)cc1. The highest BCUT2D eigenvalue weighted by molar-refractivity contribution is 6.38. The fourth-order valence-electron chi connectivity index (χ4n) is 2.64. The Kier molecular flexibility index (Phi) is 5.10. The quantitative estimate of drug-likeness (QED) is 0.593. The zero-order valence-electron chi connectivity index (χ0n) is 15.1. The van der Waals surface area contributed by atoms with Gasteiger partial charge in [0.25, 0.3) is 0 Å². The Balaban J connectivity index is 1.73. The summed E-state index contributed by atoms with van der Waals surface area (Å²) in [6.07, 6.45) is 4.86. The van der Waals surface area contributed by atoms with Gasteiger partial charge < -0.3 is 5.32 Å². The number of aromatic nitrogens is 1. The molecule has 0 saturated carbocycles. The van der Waals surface area contributed by atoms with Crippen LogP contribution in [0.3, 0.4) is 0 Å². The van der Waals surface area contributed by atoms with Gasteiger partial charge in [0.15, 0.2) is 0 Å². The first-order chi connectivity index (χ1) is 12.3. The second kappa shape index (κ2) is 7.30. The highest BCUT2D eigenvalue weighted by Crippen LogP contribution is 2.29. The minimum Gasteiger partial charge on any atom is -0.320 e. The summed E-state index contributed by atoms with van der Waals surface area (Å²) in [7, 11) is 0. The number of nitrogens with one attached hydrogen (secondary N) is 1. The van der Waals surface area contributed by atoms with E-state index < -0.39 is 0 Å². The molecule has 3 nitrogen and oxygen atoms in total. The number of rotatable bonds is 3. The maximum absolute atomic E-state index is 12.2. The summed E-state index contributed by atoms with van der Waals surface area (Å²) in [5.74, 6) is -0.246.